The van der Waals surface area contributed by atoms with Crippen molar-refractivity contribution in [2.24, 2.45) is 0 Å². The fourth-order valence-corrected chi connectivity index (χ4v) is 2.34. The number of fused-ring (bicyclic) bond motifs is 1. The number of para-hydroxylation sites is 1. The van der Waals surface area contributed by atoms with Gasteiger partial charge in [-0.1, -0.05) is 23.7 Å². The van der Waals surface area contributed by atoms with Gasteiger partial charge in [0.05, 0.1) is 28.2 Å². The van der Waals surface area contributed by atoms with Gasteiger partial charge in [0, 0.05) is 6.20 Å². The number of hydrogen-bond donors (Lipinski definition) is 2. The van der Waals surface area contributed by atoms with Gasteiger partial charge in [-0.3, -0.25) is 0 Å². The number of halogens is 1. The summed E-state index contributed by atoms with van der Waals surface area (Å²) in [4.78, 5) is 11.9. The maximum Gasteiger partial charge on any atom is 0.145 e. The number of nitrogens with one attached hydrogen (secondary N) is 2. The molecule has 1 aromatic carbocycles. The Balaban J connectivity index is 1.80. The Hall–Kier alpha value is -2.58. The van der Waals surface area contributed by atoms with Gasteiger partial charge in [-0.05, 0) is 24.6 Å². The maximum absolute atomic E-state index is 8.78. The standard InChI is InChI=1S/C15H12ClN5/c1-9-3-2-4-12-14(9)21-13(20-12)8-19-15-11(16)5-10(6-17)7-18-15/h2-5,7H,8H2,1H3,(H,18,19)(H,20,21). The minimum absolute atomic E-state index is 0.418. The number of aromatic amines is 1. The normalized spacial score (nSPS) is 10.5. The van der Waals surface area contributed by atoms with E-state index in [0.29, 0.717) is 22.9 Å². The number of nitrogens with zero attached hydrogens (tertiary/aromatic N) is 3. The molecule has 3 rings (SSSR count). The Morgan fingerprint density at radius 1 is 1.43 bits per heavy atom. The van der Waals surface area contributed by atoms with Crippen molar-refractivity contribution in [1.82, 2.24) is 15.0 Å². The van der Waals surface area contributed by atoms with Gasteiger partial charge in [0.2, 0.25) is 0 Å². The molecule has 0 radical (unpaired) electrons. The number of pyridine rings is 1. The van der Waals surface area contributed by atoms with Gasteiger partial charge < -0.3 is 10.3 Å². The van der Waals surface area contributed by atoms with Crippen LogP contribution in [0.1, 0.15) is 17.0 Å². The lowest BCUT2D eigenvalue weighted by atomic mass is 10.2. The van der Waals surface area contributed by atoms with Crippen molar-refractivity contribution < 1.29 is 0 Å². The van der Waals surface area contributed by atoms with Crippen LogP contribution in [-0.4, -0.2) is 15.0 Å². The van der Waals surface area contributed by atoms with Crippen LogP contribution in [0.15, 0.2) is 30.5 Å². The predicted molar refractivity (Wildman–Crippen MR) is 82.1 cm³/mol. The Kier molecular flexibility index (Phi) is 3.46. The topological polar surface area (TPSA) is 77.4 Å². The summed E-state index contributed by atoms with van der Waals surface area (Å²) in [6.07, 6.45) is 1.48. The number of hydrogen-bond acceptors (Lipinski definition) is 4. The van der Waals surface area contributed by atoms with Gasteiger partial charge in [-0.25, -0.2) is 9.97 Å². The van der Waals surface area contributed by atoms with E-state index in [9.17, 15) is 0 Å². The SMILES string of the molecule is Cc1cccc2[nH]c(CNc3ncc(C#N)cc3Cl)nc12. The summed E-state index contributed by atoms with van der Waals surface area (Å²) in [5, 5.41) is 12.3. The number of aromatic nitrogens is 3. The second kappa shape index (κ2) is 5.43. The number of aryl methyl sites for hydroxylation is 1. The highest BCUT2D eigenvalue weighted by molar-refractivity contribution is 6.33. The summed E-state index contributed by atoms with van der Waals surface area (Å²) in [5.74, 6) is 1.34. The van der Waals surface area contributed by atoms with E-state index in [0.717, 1.165) is 22.4 Å². The van der Waals surface area contributed by atoms with E-state index >= 15 is 0 Å². The Bertz CT molecular complexity index is 847. The molecule has 0 aliphatic carbocycles. The van der Waals surface area contributed by atoms with Crippen LogP contribution in [0.5, 0.6) is 0 Å². The number of anilines is 1. The van der Waals surface area contributed by atoms with Crippen LogP contribution in [0.2, 0.25) is 5.02 Å². The van der Waals surface area contributed by atoms with Crippen molar-refractivity contribution >= 4 is 28.5 Å². The molecule has 0 saturated carbocycles. The van der Waals surface area contributed by atoms with E-state index in [1.54, 1.807) is 6.07 Å². The van der Waals surface area contributed by atoms with Gasteiger partial charge in [-0.2, -0.15) is 5.26 Å². The molecule has 21 heavy (non-hydrogen) atoms. The van der Waals surface area contributed by atoms with Crippen LogP contribution in [-0.2, 0) is 6.54 Å². The van der Waals surface area contributed by atoms with E-state index in [1.165, 1.54) is 6.20 Å². The molecule has 0 spiro atoms. The van der Waals surface area contributed by atoms with Gasteiger partial charge in [0.15, 0.2) is 0 Å². The molecule has 0 fully saturated rings. The molecule has 2 heterocycles. The number of rotatable bonds is 3. The van der Waals surface area contributed by atoms with Gasteiger partial charge in [0.25, 0.3) is 0 Å². The van der Waals surface area contributed by atoms with E-state index in [-0.39, 0.29) is 0 Å². The monoisotopic (exact) mass is 297 g/mol. The van der Waals surface area contributed by atoms with Crippen LogP contribution < -0.4 is 5.32 Å². The average molecular weight is 298 g/mol. The van der Waals surface area contributed by atoms with Gasteiger partial charge in [0.1, 0.15) is 17.7 Å². The quantitative estimate of drug-likeness (QED) is 0.776. The molecular formula is C15H12ClN5. The molecule has 3 aromatic rings. The second-order valence-corrected chi connectivity index (χ2v) is 5.08. The van der Waals surface area contributed by atoms with Crippen molar-refractivity contribution in [2.75, 3.05) is 5.32 Å². The van der Waals surface area contributed by atoms with Crippen LogP contribution in [0.4, 0.5) is 5.82 Å². The van der Waals surface area contributed by atoms with Crippen LogP contribution >= 0.6 is 11.6 Å². The molecular weight excluding hydrogens is 286 g/mol. The smallest absolute Gasteiger partial charge is 0.145 e. The first-order chi connectivity index (χ1) is 10.2. The molecule has 104 valence electrons. The first kappa shape index (κ1) is 13.4. The summed E-state index contributed by atoms with van der Waals surface area (Å²) >= 11 is 6.07. The molecule has 0 saturated heterocycles. The van der Waals surface area contributed by atoms with Crippen molar-refractivity contribution in [1.29, 1.82) is 5.26 Å². The predicted octanol–water partition coefficient (Wildman–Crippen LogP) is 3.40. The molecule has 0 unspecified atom stereocenters. The van der Waals surface area contributed by atoms with Crippen molar-refractivity contribution in [3.05, 3.63) is 52.4 Å². The molecule has 0 aliphatic rings. The minimum Gasteiger partial charge on any atom is -0.362 e. The summed E-state index contributed by atoms with van der Waals surface area (Å²) < 4.78 is 0. The van der Waals surface area contributed by atoms with E-state index in [1.807, 2.05) is 31.2 Å². The summed E-state index contributed by atoms with van der Waals surface area (Å²) in [6, 6.07) is 9.59. The Labute approximate surface area is 126 Å². The van der Waals surface area contributed by atoms with Gasteiger partial charge >= 0.3 is 0 Å². The molecule has 0 amide bonds. The van der Waals surface area contributed by atoms with Crippen LogP contribution in [0.3, 0.4) is 0 Å². The fourth-order valence-electron chi connectivity index (χ4n) is 2.11. The molecule has 5 nitrogen and oxygen atoms in total. The van der Waals surface area contributed by atoms with Crippen LogP contribution in [0, 0.1) is 18.3 Å². The zero-order valence-electron chi connectivity index (χ0n) is 11.3. The number of nitriles is 1. The third-order valence-electron chi connectivity index (χ3n) is 3.16. The number of imidazole rings is 1. The molecule has 0 aliphatic heterocycles. The Morgan fingerprint density at radius 2 is 2.29 bits per heavy atom. The number of benzene rings is 1. The number of H-pyrrole nitrogens is 1. The van der Waals surface area contributed by atoms with E-state index in [2.05, 4.69) is 20.3 Å². The van der Waals surface area contributed by atoms with E-state index in [4.69, 9.17) is 16.9 Å². The highest BCUT2D eigenvalue weighted by Gasteiger charge is 2.07. The summed E-state index contributed by atoms with van der Waals surface area (Å²) in [6.45, 7) is 2.51. The minimum atomic E-state index is 0.418. The molecule has 2 aromatic heterocycles. The first-order valence-corrected chi connectivity index (χ1v) is 6.79. The van der Waals surface area contributed by atoms with Crippen LogP contribution in [0.25, 0.3) is 11.0 Å². The van der Waals surface area contributed by atoms with Gasteiger partial charge in [-0.15, -0.1) is 0 Å². The van der Waals surface area contributed by atoms with E-state index < -0.39 is 0 Å². The third kappa shape index (κ3) is 2.67. The van der Waals surface area contributed by atoms with Crippen molar-refractivity contribution in [3.8, 4) is 6.07 Å². The summed E-state index contributed by atoms with van der Waals surface area (Å²) in [5.41, 5.74) is 3.54. The highest BCUT2D eigenvalue weighted by atomic mass is 35.5. The highest BCUT2D eigenvalue weighted by Crippen LogP contribution is 2.21. The lowest BCUT2D eigenvalue weighted by molar-refractivity contribution is 0.997. The molecule has 2 N–H and O–H groups in total. The lowest BCUT2D eigenvalue weighted by Gasteiger charge is -2.05. The second-order valence-electron chi connectivity index (χ2n) is 4.67. The zero-order valence-corrected chi connectivity index (χ0v) is 12.1. The van der Waals surface area contributed by atoms with Crippen molar-refractivity contribution in [2.45, 2.75) is 13.5 Å². The maximum atomic E-state index is 8.78. The molecule has 6 heteroatoms. The van der Waals surface area contributed by atoms with Crippen molar-refractivity contribution in [3.63, 3.8) is 0 Å². The zero-order chi connectivity index (χ0) is 14.8. The average Bonchev–Trinajstić information content (AvgIpc) is 2.90. The summed E-state index contributed by atoms with van der Waals surface area (Å²) in [7, 11) is 0. The third-order valence-corrected chi connectivity index (χ3v) is 3.45. The molecule has 0 atom stereocenters. The lowest BCUT2D eigenvalue weighted by Crippen LogP contribution is -2.03. The largest absolute Gasteiger partial charge is 0.362 e. The Morgan fingerprint density at radius 3 is 3.00 bits per heavy atom. The fraction of sp³-hybridized carbons (Fsp3) is 0.133. The first-order valence-electron chi connectivity index (χ1n) is 6.41. The molecule has 0 bridgehead atoms.